The maximum atomic E-state index is 12.2. The van der Waals surface area contributed by atoms with E-state index in [1.807, 2.05) is 46.8 Å². The van der Waals surface area contributed by atoms with Crippen molar-refractivity contribution in [2.24, 2.45) is 0 Å². The fourth-order valence-corrected chi connectivity index (χ4v) is 3.88. The first-order valence-electron chi connectivity index (χ1n) is 10.2. The summed E-state index contributed by atoms with van der Waals surface area (Å²) in [6.07, 6.45) is 5.17. The van der Waals surface area contributed by atoms with Gasteiger partial charge in [-0.1, -0.05) is 27.2 Å². The van der Waals surface area contributed by atoms with Crippen molar-refractivity contribution in [2.75, 3.05) is 0 Å². The third-order valence-electron chi connectivity index (χ3n) is 4.99. The maximum absolute atomic E-state index is 12.2. The maximum Gasteiger partial charge on any atom is 0.336 e. The Hall–Kier alpha value is -2.27. The molecule has 0 bridgehead atoms. The van der Waals surface area contributed by atoms with Gasteiger partial charge >= 0.3 is 5.63 Å². The van der Waals surface area contributed by atoms with Crippen LogP contribution in [0.5, 0.6) is 11.5 Å². The molecule has 1 N–H and O–H groups in total. The fraction of sp³-hybridized carbons (Fsp3) is 0.522. The summed E-state index contributed by atoms with van der Waals surface area (Å²) < 4.78 is 17.9. The highest BCUT2D eigenvalue weighted by Gasteiger charge is 2.36. The van der Waals surface area contributed by atoms with Crippen LogP contribution < -0.4 is 15.1 Å². The zero-order valence-electron chi connectivity index (χ0n) is 17.6. The van der Waals surface area contributed by atoms with Gasteiger partial charge in [0.1, 0.15) is 17.1 Å². The minimum Gasteiger partial charge on any atom is -0.489 e. The lowest BCUT2D eigenvalue weighted by atomic mass is 9.89. The normalized spacial score (nSPS) is 21.7. The van der Waals surface area contributed by atoms with Crippen LogP contribution >= 0.6 is 0 Å². The van der Waals surface area contributed by atoms with Crippen LogP contribution in [-0.4, -0.2) is 16.8 Å². The molecule has 2 unspecified atom stereocenters. The second-order valence-corrected chi connectivity index (χ2v) is 7.75. The Morgan fingerprint density at radius 1 is 1.25 bits per heavy atom. The van der Waals surface area contributed by atoms with Crippen molar-refractivity contribution in [3.05, 3.63) is 39.3 Å². The highest BCUT2D eigenvalue weighted by atomic mass is 16.5. The molecule has 0 amide bonds. The summed E-state index contributed by atoms with van der Waals surface area (Å²) >= 11 is 0. The number of hydrogen-bond donors (Lipinski definition) is 1. The van der Waals surface area contributed by atoms with E-state index < -0.39 is 17.3 Å². The molecule has 1 aromatic heterocycles. The smallest absolute Gasteiger partial charge is 0.336 e. The summed E-state index contributed by atoms with van der Waals surface area (Å²) in [7, 11) is 0. The van der Waals surface area contributed by atoms with Crippen LogP contribution in [0, 0.1) is 0 Å². The quantitative estimate of drug-likeness (QED) is 0.722. The van der Waals surface area contributed by atoms with Crippen LogP contribution in [0.2, 0.25) is 0 Å². The molecule has 5 nitrogen and oxygen atoms in total. The molecule has 2 atom stereocenters. The van der Waals surface area contributed by atoms with E-state index in [1.54, 1.807) is 0 Å². The van der Waals surface area contributed by atoms with Gasteiger partial charge in [0.25, 0.3) is 0 Å². The molecule has 0 saturated carbocycles. The first-order valence-corrected chi connectivity index (χ1v) is 10.2. The van der Waals surface area contributed by atoms with Crippen LogP contribution in [0.4, 0.5) is 0 Å². The molecule has 2 aromatic rings. The van der Waals surface area contributed by atoms with Crippen molar-refractivity contribution in [1.29, 1.82) is 0 Å². The predicted molar refractivity (Wildman–Crippen MR) is 111 cm³/mol. The van der Waals surface area contributed by atoms with Crippen LogP contribution in [0.15, 0.2) is 21.4 Å². The molecule has 152 valence electrons. The van der Waals surface area contributed by atoms with Crippen molar-refractivity contribution >= 4 is 17.0 Å². The van der Waals surface area contributed by atoms with Gasteiger partial charge in [0.15, 0.2) is 5.58 Å². The minimum absolute atomic E-state index is 0.132. The van der Waals surface area contributed by atoms with Crippen LogP contribution in [0.1, 0.15) is 77.2 Å². The Morgan fingerprint density at radius 2 is 1.96 bits per heavy atom. The average molecular weight is 386 g/mol. The molecule has 1 aromatic carbocycles. The largest absolute Gasteiger partial charge is 0.489 e. The Bertz CT molecular complexity index is 967. The van der Waals surface area contributed by atoms with E-state index in [4.69, 9.17) is 13.9 Å². The summed E-state index contributed by atoms with van der Waals surface area (Å²) in [5, 5.41) is 11.5. The molecule has 0 aliphatic carbocycles. The van der Waals surface area contributed by atoms with E-state index in [0.29, 0.717) is 29.1 Å². The van der Waals surface area contributed by atoms with E-state index in [9.17, 15) is 9.90 Å². The lowest BCUT2D eigenvalue weighted by Crippen LogP contribution is -2.30. The lowest BCUT2D eigenvalue weighted by Gasteiger charge is -2.34. The van der Waals surface area contributed by atoms with E-state index in [1.165, 1.54) is 6.07 Å². The molecule has 5 heteroatoms. The summed E-state index contributed by atoms with van der Waals surface area (Å²) in [5.74, 6) is 1.22. The molecular weight excluding hydrogens is 356 g/mol. The lowest BCUT2D eigenvalue weighted by molar-refractivity contribution is 0.0741. The summed E-state index contributed by atoms with van der Waals surface area (Å²) in [6, 6.07) is 1.53. The van der Waals surface area contributed by atoms with Gasteiger partial charge in [0, 0.05) is 12.5 Å². The van der Waals surface area contributed by atoms with Crippen molar-refractivity contribution in [3.63, 3.8) is 0 Å². The van der Waals surface area contributed by atoms with Gasteiger partial charge in [0.05, 0.1) is 28.7 Å². The second-order valence-electron chi connectivity index (χ2n) is 7.75. The van der Waals surface area contributed by atoms with Crippen molar-refractivity contribution in [3.8, 4) is 11.5 Å². The van der Waals surface area contributed by atoms with Gasteiger partial charge in [0.2, 0.25) is 0 Å². The number of aryl methyl sites for hydroxylation is 1. The van der Waals surface area contributed by atoms with Crippen LogP contribution in [0.3, 0.4) is 0 Å². The van der Waals surface area contributed by atoms with Gasteiger partial charge in [-0.25, -0.2) is 4.79 Å². The summed E-state index contributed by atoms with van der Waals surface area (Å²) in [4.78, 5) is 12.2. The second kappa shape index (κ2) is 7.63. The van der Waals surface area contributed by atoms with Crippen LogP contribution in [0.25, 0.3) is 17.0 Å². The van der Waals surface area contributed by atoms with Crippen molar-refractivity contribution in [2.45, 2.75) is 78.6 Å². The highest BCUT2D eigenvalue weighted by Crippen LogP contribution is 2.51. The van der Waals surface area contributed by atoms with Gasteiger partial charge in [-0.15, -0.1) is 0 Å². The standard InChI is InChI=1S/C21H24O5.C2H6/c1-5-6-12-10-15(23)25-20-16(12)19-13(7-8-21(3,4)26-19)18-17(20)14(22)9-11(2)24-18;1-2/h7-8,10-11,14,22H,5-6,9H2,1-4H3;1-2H3. The molecular formula is C23H30O5. The number of ether oxygens (including phenoxy) is 2. The SMILES string of the molecule is CC.CCCc1cc(=O)oc2c3c(c4c(c12)OC(C)(C)C=C4)OC(C)CC3O. The fourth-order valence-electron chi connectivity index (χ4n) is 3.88. The van der Waals surface area contributed by atoms with Gasteiger partial charge < -0.3 is 19.0 Å². The molecule has 0 saturated heterocycles. The monoisotopic (exact) mass is 386 g/mol. The Balaban J connectivity index is 0.00000109. The van der Waals surface area contributed by atoms with Gasteiger partial charge in [-0.2, -0.15) is 0 Å². The molecule has 0 radical (unpaired) electrons. The first-order chi connectivity index (χ1) is 13.3. The third kappa shape index (κ3) is 3.44. The Morgan fingerprint density at radius 3 is 2.64 bits per heavy atom. The predicted octanol–water partition coefficient (Wildman–Crippen LogP) is 5.16. The molecule has 2 aliphatic rings. The molecule has 0 spiro atoms. The van der Waals surface area contributed by atoms with E-state index >= 15 is 0 Å². The molecule has 4 rings (SSSR count). The first kappa shape index (κ1) is 20.5. The summed E-state index contributed by atoms with van der Waals surface area (Å²) in [6.45, 7) is 11.9. The molecule has 2 aliphatic heterocycles. The topological polar surface area (TPSA) is 68.9 Å². The zero-order chi connectivity index (χ0) is 20.6. The van der Waals surface area contributed by atoms with Crippen LogP contribution in [-0.2, 0) is 6.42 Å². The number of aliphatic hydroxyl groups excluding tert-OH is 1. The van der Waals surface area contributed by atoms with Gasteiger partial charge in [-0.3, -0.25) is 0 Å². The zero-order valence-corrected chi connectivity index (χ0v) is 17.6. The average Bonchev–Trinajstić information content (AvgIpc) is 2.61. The highest BCUT2D eigenvalue weighted by molar-refractivity contribution is 5.97. The van der Waals surface area contributed by atoms with E-state index in [2.05, 4.69) is 6.92 Å². The third-order valence-corrected chi connectivity index (χ3v) is 4.99. The molecule has 3 heterocycles. The van der Waals surface area contributed by atoms with Crippen molar-refractivity contribution in [1.82, 2.24) is 0 Å². The van der Waals surface area contributed by atoms with Crippen molar-refractivity contribution < 1.29 is 19.0 Å². The molecule has 28 heavy (non-hydrogen) atoms. The number of aliphatic hydroxyl groups is 1. The Labute approximate surface area is 166 Å². The molecule has 0 fully saturated rings. The van der Waals surface area contributed by atoms with Gasteiger partial charge in [-0.05, 0) is 44.9 Å². The Kier molecular flexibility index (Phi) is 5.57. The minimum atomic E-state index is -0.745. The van der Waals surface area contributed by atoms with E-state index in [-0.39, 0.29) is 6.10 Å². The number of hydrogen-bond acceptors (Lipinski definition) is 5. The summed E-state index contributed by atoms with van der Waals surface area (Å²) in [5.41, 5.74) is 1.74. The number of rotatable bonds is 2. The number of benzene rings is 1. The van der Waals surface area contributed by atoms with E-state index in [0.717, 1.165) is 29.4 Å². The number of fused-ring (bicyclic) bond motifs is 6.